The highest BCUT2D eigenvalue weighted by Gasteiger charge is 2.30. The molecule has 118 valence electrons. The number of carbonyl (C=O) groups is 1. The van der Waals surface area contributed by atoms with Crippen molar-refractivity contribution in [1.82, 2.24) is 9.80 Å². The van der Waals surface area contributed by atoms with Gasteiger partial charge in [-0.25, -0.2) is 4.79 Å². The zero-order chi connectivity index (χ0) is 15.2. The van der Waals surface area contributed by atoms with Crippen molar-refractivity contribution in [2.75, 3.05) is 32.8 Å². The van der Waals surface area contributed by atoms with Crippen LogP contribution in [0.2, 0.25) is 0 Å². The Hall–Kier alpha value is -1.11. The topological polar surface area (TPSA) is 58.8 Å². The maximum Gasteiger partial charge on any atom is 0.409 e. The van der Waals surface area contributed by atoms with E-state index in [1.165, 1.54) is 5.56 Å². The number of ether oxygens (including phenoxy) is 1. The highest BCUT2D eigenvalue weighted by atomic mass is 32.1. The van der Waals surface area contributed by atoms with Crippen molar-refractivity contribution in [2.45, 2.75) is 32.4 Å². The average molecular weight is 311 g/mol. The minimum atomic E-state index is -0.205. The third kappa shape index (κ3) is 3.96. The molecule has 1 saturated heterocycles. The second-order valence-corrected chi connectivity index (χ2v) is 6.08. The lowest BCUT2D eigenvalue weighted by Gasteiger charge is -2.40. The molecule has 1 aliphatic rings. The number of amides is 1. The zero-order valence-electron chi connectivity index (χ0n) is 12.8. The fraction of sp³-hybridized carbons (Fsp3) is 0.667. The molecule has 1 aromatic heterocycles. The number of hydrogen-bond acceptors (Lipinski definition) is 5. The lowest BCUT2D eigenvalue weighted by atomic mass is 9.98. The summed E-state index contributed by atoms with van der Waals surface area (Å²) in [4.78, 5) is 15.9. The summed E-state index contributed by atoms with van der Waals surface area (Å²) in [6.07, 6.45) is 0.738. The summed E-state index contributed by atoms with van der Waals surface area (Å²) in [5, 5.41) is 4.28. The van der Waals surface area contributed by atoms with E-state index in [0.717, 1.165) is 19.5 Å². The van der Waals surface area contributed by atoms with Crippen LogP contribution in [0.5, 0.6) is 0 Å². The Kier molecular flexibility index (Phi) is 6.02. The van der Waals surface area contributed by atoms with Crippen LogP contribution >= 0.6 is 11.3 Å². The van der Waals surface area contributed by atoms with Gasteiger partial charge in [-0.05, 0) is 35.7 Å². The van der Waals surface area contributed by atoms with Gasteiger partial charge in [0.25, 0.3) is 0 Å². The summed E-state index contributed by atoms with van der Waals surface area (Å²) in [5.41, 5.74) is 7.63. The van der Waals surface area contributed by atoms with E-state index in [9.17, 15) is 4.79 Å². The number of hydrogen-bond donors (Lipinski definition) is 1. The molecule has 1 aromatic rings. The summed E-state index contributed by atoms with van der Waals surface area (Å²) < 4.78 is 5.06. The number of rotatable bonds is 5. The highest BCUT2D eigenvalue weighted by molar-refractivity contribution is 7.07. The van der Waals surface area contributed by atoms with Gasteiger partial charge >= 0.3 is 6.09 Å². The van der Waals surface area contributed by atoms with Crippen molar-refractivity contribution in [2.24, 2.45) is 5.73 Å². The van der Waals surface area contributed by atoms with Crippen molar-refractivity contribution >= 4 is 17.4 Å². The van der Waals surface area contributed by atoms with E-state index in [1.54, 1.807) is 16.2 Å². The molecular formula is C15H25N3O2S. The summed E-state index contributed by atoms with van der Waals surface area (Å²) in [6, 6.07) is 2.52. The molecule has 2 N–H and O–H groups in total. The van der Waals surface area contributed by atoms with Crippen molar-refractivity contribution in [3.05, 3.63) is 22.4 Å². The number of nitrogens with two attached hydrogens (primary N) is 1. The predicted molar refractivity (Wildman–Crippen MR) is 85.5 cm³/mol. The number of carbonyl (C=O) groups excluding carboxylic acids is 1. The van der Waals surface area contributed by atoms with Crippen LogP contribution in [-0.4, -0.2) is 54.7 Å². The summed E-state index contributed by atoms with van der Waals surface area (Å²) >= 11 is 1.71. The summed E-state index contributed by atoms with van der Waals surface area (Å²) in [6.45, 7) is 7.48. The van der Waals surface area contributed by atoms with E-state index in [-0.39, 0.29) is 18.2 Å². The first-order chi connectivity index (χ1) is 10.2. The van der Waals surface area contributed by atoms with Crippen LogP contribution in [0, 0.1) is 0 Å². The van der Waals surface area contributed by atoms with Crippen molar-refractivity contribution in [3.8, 4) is 0 Å². The molecule has 5 nitrogen and oxygen atoms in total. The molecule has 2 rings (SSSR count). The van der Waals surface area contributed by atoms with E-state index in [0.29, 0.717) is 19.7 Å². The summed E-state index contributed by atoms with van der Waals surface area (Å²) in [7, 11) is 0. The fourth-order valence-electron chi connectivity index (χ4n) is 2.79. The van der Waals surface area contributed by atoms with E-state index in [2.05, 4.69) is 28.7 Å². The van der Waals surface area contributed by atoms with Gasteiger partial charge in [0.2, 0.25) is 0 Å². The van der Waals surface area contributed by atoms with Gasteiger partial charge < -0.3 is 15.4 Å². The van der Waals surface area contributed by atoms with Gasteiger partial charge in [0.15, 0.2) is 0 Å². The molecule has 0 aromatic carbocycles. The van der Waals surface area contributed by atoms with Gasteiger partial charge in [-0.2, -0.15) is 11.3 Å². The second-order valence-electron chi connectivity index (χ2n) is 5.30. The van der Waals surface area contributed by atoms with E-state index in [1.807, 2.05) is 6.92 Å². The van der Waals surface area contributed by atoms with Crippen molar-refractivity contribution in [3.63, 3.8) is 0 Å². The van der Waals surface area contributed by atoms with Crippen LogP contribution in [-0.2, 0) is 4.74 Å². The summed E-state index contributed by atoms with van der Waals surface area (Å²) in [5.74, 6) is 0. The Morgan fingerprint density at radius 1 is 1.38 bits per heavy atom. The van der Waals surface area contributed by atoms with Gasteiger partial charge in [-0.15, -0.1) is 0 Å². The number of piperazine rings is 1. The van der Waals surface area contributed by atoms with Gasteiger partial charge in [-0.1, -0.05) is 6.92 Å². The molecule has 2 atom stereocenters. The molecule has 0 radical (unpaired) electrons. The SMILES string of the molecule is CCOC(=O)N1CCN(C(c2ccsc2)C(N)CC)CC1. The molecule has 21 heavy (non-hydrogen) atoms. The maximum atomic E-state index is 11.8. The third-order valence-corrected chi connectivity index (χ3v) is 4.70. The maximum absolute atomic E-state index is 11.8. The number of thiophene rings is 1. The smallest absolute Gasteiger partial charge is 0.409 e. The van der Waals surface area contributed by atoms with Crippen LogP contribution in [0.4, 0.5) is 4.79 Å². The fourth-order valence-corrected chi connectivity index (χ4v) is 3.48. The van der Waals surface area contributed by atoms with Crippen LogP contribution in [0.25, 0.3) is 0 Å². The normalized spacial score (nSPS) is 19.3. The van der Waals surface area contributed by atoms with Crippen LogP contribution in [0.3, 0.4) is 0 Å². The first kappa shape index (κ1) is 16.3. The minimum Gasteiger partial charge on any atom is -0.450 e. The van der Waals surface area contributed by atoms with Crippen LogP contribution in [0.1, 0.15) is 31.9 Å². The number of nitrogens with zero attached hydrogens (tertiary/aromatic N) is 2. The Bertz CT molecular complexity index is 430. The molecule has 2 unspecified atom stereocenters. The Balaban J connectivity index is 1.99. The minimum absolute atomic E-state index is 0.119. The molecule has 1 amide bonds. The molecule has 0 bridgehead atoms. The lowest BCUT2D eigenvalue weighted by molar-refractivity contribution is 0.0604. The standard InChI is InChI=1S/C15H25N3O2S/c1-3-13(16)14(12-5-10-21-11-12)17-6-8-18(9-7-17)15(19)20-4-2/h5,10-11,13-14H,3-4,6-9,16H2,1-2H3. The Morgan fingerprint density at radius 2 is 2.10 bits per heavy atom. The molecule has 1 aliphatic heterocycles. The largest absolute Gasteiger partial charge is 0.450 e. The molecule has 0 aliphatic carbocycles. The molecule has 2 heterocycles. The second kappa shape index (κ2) is 7.77. The molecule has 6 heteroatoms. The Morgan fingerprint density at radius 3 is 2.62 bits per heavy atom. The molecule has 1 fully saturated rings. The van der Waals surface area contributed by atoms with Gasteiger partial charge in [-0.3, -0.25) is 4.90 Å². The van der Waals surface area contributed by atoms with Gasteiger partial charge in [0.1, 0.15) is 0 Å². The van der Waals surface area contributed by atoms with Crippen molar-refractivity contribution in [1.29, 1.82) is 0 Å². The molecular weight excluding hydrogens is 286 g/mol. The lowest BCUT2D eigenvalue weighted by Crippen LogP contribution is -2.52. The average Bonchev–Trinajstić information content (AvgIpc) is 3.02. The van der Waals surface area contributed by atoms with E-state index >= 15 is 0 Å². The quantitative estimate of drug-likeness (QED) is 0.906. The zero-order valence-corrected chi connectivity index (χ0v) is 13.6. The third-order valence-electron chi connectivity index (χ3n) is 4.00. The van der Waals surface area contributed by atoms with Crippen LogP contribution < -0.4 is 5.73 Å². The molecule has 0 spiro atoms. The van der Waals surface area contributed by atoms with Crippen molar-refractivity contribution < 1.29 is 9.53 Å². The van der Waals surface area contributed by atoms with Gasteiger partial charge in [0, 0.05) is 32.2 Å². The Labute approximate surface area is 130 Å². The first-order valence-corrected chi connectivity index (χ1v) is 8.55. The van der Waals surface area contributed by atoms with Gasteiger partial charge in [0.05, 0.1) is 12.6 Å². The monoisotopic (exact) mass is 311 g/mol. The first-order valence-electron chi connectivity index (χ1n) is 7.60. The predicted octanol–water partition coefficient (Wildman–Crippen LogP) is 2.30. The molecule has 0 saturated carbocycles. The highest BCUT2D eigenvalue weighted by Crippen LogP contribution is 2.28. The van der Waals surface area contributed by atoms with E-state index < -0.39 is 0 Å². The van der Waals surface area contributed by atoms with E-state index in [4.69, 9.17) is 10.5 Å². The van der Waals surface area contributed by atoms with Crippen LogP contribution in [0.15, 0.2) is 16.8 Å².